The number of ether oxygens (including phenoxy) is 1. The molecule has 2 aliphatic rings. The maximum absolute atomic E-state index is 12.2. The molecule has 128 valence electrons. The molecule has 2 saturated heterocycles. The van der Waals surface area contributed by atoms with Crippen molar-refractivity contribution in [3.8, 4) is 0 Å². The van der Waals surface area contributed by atoms with Crippen molar-refractivity contribution in [2.45, 2.75) is 22.8 Å². The van der Waals surface area contributed by atoms with Crippen molar-refractivity contribution in [3.63, 3.8) is 0 Å². The van der Waals surface area contributed by atoms with Crippen LogP contribution in [0.1, 0.15) is 5.56 Å². The predicted molar refractivity (Wildman–Crippen MR) is 94.8 cm³/mol. The number of fused-ring (bicyclic) bond motifs is 1. The average Bonchev–Trinajstić information content (AvgIpc) is 2.62. The lowest BCUT2D eigenvalue weighted by Gasteiger charge is -2.55. The van der Waals surface area contributed by atoms with E-state index in [1.807, 2.05) is 30.3 Å². The fraction of sp³-hybridized carbons (Fsp3) is 0.412. The third-order valence-corrected chi connectivity index (χ3v) is 6.39. The third-order valence-electron chi connectivity index (χ3n) is 4.40. The first-order chi connectivity index (χ1) is 11.5. The van der Waals surface area contributed by atoms with Crippen LogP contribution >= 0.6 is 23.4 Å². The fourth-order valence-corrected chi connectivity index (χ4v) is 4.74. The first-order valence-corrected chi connectivity index (χ1v) is 9.03. The van der Waals surface area contributed by atoms with Crippen LogP contribution < -0.4 is 5.32 Å². The summed E-state index contributed by atoms with van der Waals surface area (Å²) < 4.78 is 5.85. The number of amides is 2. The zero-order valence-corrected chi connectivity index (χ0v) is 14.9. The van der Waals surface area contributed by atoms with Gasteiger partial charge in [-0.05, 0) is 11.1 Å². The van der Waals surface area contributed by atoms with Gasteiger partial charge in [0.2, 0.25) is 11.8 Å². The number of hydrogen-bond donors (Lipinski definition) is 1. The molecule has 2 aliphatic heterocycles. The quantitative estimate of drug-likeness (QED) is 0.490. The largest absolute Gasteiger partial charge is 0.363 e. The predicted octanol–water partition coefficient (Wildman–Crippen LogP) is 1.77. The Hall–Kier alpha value is -1.50. The minimum Gasteiger partial charge on any atom is -0.363 e. The van der Waals surface area contributed by atoms with Gasteiger partial charge in [-0.2, -0.15) is 0 Å². The lowest BCUT2D eigenvalue weighted by Crippen LogP contribution is -2.73. The van der Waals surface area contributed by atoms with Crippen molar-refractivity contribution >= 4 is 35.2 Å². The summed E-state index contributed by atoms with van der Waals surface area (Å²) in [7, 11) is 1.66. The van der Waals surface area contributed by atoms with Gasteiger partial charge in [-0.15, -0.1) is 11.6 Å². The first-order valence-electron chi connectivity index (χ1n) is 7.61. The summed E-state index contributed by atoms with van der Waals surface area (Å²) in [6.45, 7) is 4.58. The fourth-order valence-electron chi connectivity index (χ4n) is 3.07. The van der Waals surface area contributed by atoms with Crippen molar-refractivity contribution in [1.29, 1.82) is 0 Å². The summed E-state index contributed by atoms with van der Waals surface area (Å²) in [5.74, 6) is -0.602. The van der Waals surface area contributed by atoms with Crippen LogP contribution in [0.5, 0.6) is 0 Å². The van der Waals surface area contributed by atoms with E-state index >= 15 is 0 Å². The van der Waals surface area contributed by atoms with Gasteiger partial charge in [-0.1, -0.05) is 48.7 Å². The monoisotopic (exact) mass is 366 g/mol. The van der Waals surface area contributed by atoms with Crippen LogP contribution in [-0.2, 0) is 20.7 Å². The SMILES string of the molecule is C=C1CN2C(=O)C(NC(=O)CCl)[C@H]2SC1(Cc1ccccc1)OC. The smallest absolute Gasteiger partial charge is 0.249 e. The zero-order valence-electron chi connectivity index (χ0n) is 13.3. The number of nitrogens with one attached hydrogen (secondary N) is 1. The molecule has 2 heterocycles. The molecule has 7 heteroatoms. The van der Waals surface area contributed by atoms with E-state index in [1.54, 1.807) is 12.0 Å². The number of halogens is 1. The van der Waals surface area contributed by atoms with E-state index in [1.165, 1.54) is 11.8 Å². The lowest BCUT2D eigenvalue weighted by molar-refractivity contribution is -0.148. The summed E-state index contributed by atoms with van der Waals surface area (Å²) in [5.41, 5.74) is 1.99. The van der Waals surface area contributed by atoms with Crippen molar-refractivity contribution in [1.82, 2.24) is 10.2 Å². The van der Waals surface area contributed by atoms with Crippen LogP contribution in [0.2, 0.25) is 0 Å². The van der Waals surface area contributed by atoms with Gasteiger partial charge in [0.1, 0.15) is 22.2 Å². The van der Waals surface area contributed by atoms with Crippen LogP contribution in [0.15, 0.2) is 42.5 Å². The number of alkyl halides is 1. The highest BCUT2D eigenvalue weighted by molar-refractivity contribution is 8.01. The Morgan fingerprint density at radius 2 is 2.21 bits per heavy atom. The summed E-state index contributed by atoms with van der Waals surface area (Å²) in [6, 6.07) is 9.46. The number of methoxy groups -OCH3 is 1. The summed E-state index contributed by atoms with van der Waals surface area (Å²) in [5, 5.41) is 2.52. The maximum Gasteiger partial charge on any atom is 0.249 e. The highest BCUT2D eigenvalue weighted by Crippen LogP contribution is 2.49. The molecule has 24 heavy (non-hydrogen) atoms. The number of benzene rings is 1. The van der Waals surface area contributed by atoms with Gasteiger partial charge in [0.25, 0.3) is 0 Å². The molecule has 0 radical (unpaired) electrons. The molecular formula is C17H19ClN2O3S. The Balaban J connectivity index is 1.80. The highest BCUT2D eigenvalue weighted by atomic mass is 35.5. The Kier molecular flexibility index (Phi) is 4.90. The first kappa shape index (κ1) is 17.3. The Bertz CT molecular complexity index is 669. The second-order valence-corrected chi connectivity index (χ2v) is 7.52. The molecule has 1 aromatic carbocycles. The van der Waals surface area contributed by atoms with Crippen LogP contribution in [0.4, 0.5) is 0 Å². The standard InChI is InChI=1S/C17H19ClN2O3S/c1-11-10-20-15(22)14(19-13(21)9-18)16(20)24-17(11,23-2)8-12-6-4-3-5-7-12/h3-7,14,16H,1,8-10H2,2H3,(H,19,21)/t14?,16-,17?/m1/s1. The van der Waals surface area contributed by atoms with Crippen molar-refractivity contribution in [2.24, 2.45) is 0 Å². The summed E-state index contributed by atoms with van der Waals surface area (Å²) in [6.07, 6.45) is 0.655. The van der Waals surface area contributed by atoms with Crippen molar-refractivity contribution < 1.29 is 14.3 Å². The summed E-state index contributed by atoms with van der Waals surface area (Å²) >= 11 is 7.05. The molecule has 2 unspecified atom stereocenters. The van der Waals surface area contributed by atoms with E-state index < -0.39 is 11.0 Å². The number of rotatable bonds is 5. The van der Waals surface area contributed by atoms with Crippen LogP contribution in [-0.4, -0.2) is 52.6 Å². The number of carbonyl (C=O) groups excluding carboxylic acids is 2. The Morgan fingerprint density at radius 3 is 2.83 bits per heavy atom. The van der Waals surface area contributed by atoms with Gasteiger partial charge in [0.05, 0.1) is 0 Å². The average molecular weight is 367 g/mol. The molecule has 0 spiro atoms. The molecule has 0 bridgehead atoms. The molecule has 3 rings (SSSR count). The van der Waals surface area contributed by atoms with Gasteiger partial charge >= 0.3 is 0 Å². The number of thioether (sulfide) groups is 1. The molecule has 1 N–H and O–H groups in total. The van der Waals surface area contributed by atoms with Crippen LogP contribution in [0, 0.1) is 0 Å². The summed E-state index contributed by atoms with van der Waals surface area (Å²) in [4.78, 5) is 24.9. The molecule has 0 aromatic heterocycles. The Labute approximate surface area is 150 Å². The minimum absolute atomic E-state index is 0.100. The molecule has 5 nitrogen and oxygen atoms in total. The van der Waals surface area contributed by atoms with Gasteiger partial charge in [-0.3, -0.25) is 9.59 Å². The van der Waals surface area contributed by atoms with Gasteiger partial charge < -0.3 is 15.0 Å². The van der Waals surface area contributed by atoms with Gasteiger partial charge in [0, 0.05) is 20.1 Å². The van der Waals surface area contributed by atoms with Gasteiger partial charge in [0.15, 0.2) is 0 Å². The third kappa shape index (κ3) is 2.94. The topological polar surface area (TPSA) is 58.6 Å². The van der Waals surface area contributed by atoms with E-state index in [4.69, 9.17) is 16.3 Å². The van der Waals surface area contributed by atoms with E-state index in [-0.39, 0.29) is 23.1 Å². The van der Waals surface area contributed by atoms with Crippen molar-refractivity contribution in [3.05, 3.63) is 48.0 Å². The Morgan fingerprint density at radius 1 is 1.50 bits per heavy atom. The van der Waals surface area contributed by atoms with E-state index in [9.17, 15) is 9.59 Å². The second kappa shape index (κ2) is 6.78. The number of hydrogen-bond acceptors (Lipinski definition) is 4. The lowest BCUT2D eigenvalue weighted by atomic mass is 9.97. The number of nitrogens with zero attached hydrogens (tertiary/aromatic N) is 1. The minimum atomic E-state index is -0.618. The van der Waals surface area contributed by atoms with E-state index in [0.717, 1.165) is 11.1 Å². The molecule has 2 fully saturated rings. The highest BCUT2D eigenvalue weighted by Gasteiger charge is 2.57. The molecule has 2 amide bonds. The molecular weight excluding hydrogens is 348 g/mol. The molecule has 0 aliphatic carbocycles. The normalized spacial score (nSPS) is 29.0. The van der Waals surface area contributed by atoms with E-state index in [0.29, 0.717) is 13.0 Å². The molecule has 1 aromatic rings. The second-order valence-electron chi connectivity index (χ2n) is 5.88. The van der Waals surface area contributed by atoms with Crippen LogP contribution in [0.3, 0.4) is 0 Å². The maximum atomic E-state index is 12.2. The van der Waals surface area contributed by atoms with Gasteiger partial charge in [-0.25, -0.2) is 0 Å². The molecule has 3 atom stereocenters. The zero-order chi connectivity index (χ0) is 17.3. The van der Waals surface area contributed by atoms with Crippen LogP contribution in [0.25, 0.3) is 0 Å². The number of β-lactam (4-membered cyclic amide) rings is 1. The molecule has 0 saturated carbocycles. The number of carbonyl (C=O) groups is 2. The van der Waals surface area contributed by atoms with Crippen molar-refractivity contribution in [2.75, 3.05) is 19.5 Å². The van der Waals surface area contributed by atoms with E-state index in [2.05, 4.69) is 11.9 Å².